The van der Waals surface area contributed by atoms with Crippen LogP contribution >= 0.6 is 11.8 Å². The maximum Gasteiger partial charge on any atom is 0.304 e. The average molecular weight is 476 g/mol. The smallest absolute Gasteiger partial charge is 0.304 e. The summed E-state index contributed by atoms with van der Waals surface area (Å²) in [5.41, 5.74) is 2.92. The average Bonchev–Trinajstić information content (AvgIpc) is 2.86. The van der Waals surface area contributed by atoms with Gasteiger partial charge in [0.25, 0.3) is 5.91 Å². The molecule has 1 aliphatic rings. The zero-order valence-electron chi connectivity index (χ0n) is 18.4. The molecule has 0 spiro atoms. The van der Waals surface area contributed by atoms with E-state index in [1.165, 1.54) is 11.8 Å². The molecule has 0 aliphatic carbocycles. The summed E-state index contributed by atoms with van der Waals surface area (Å²) in [7, 11) is 0. The number of carboxylic acids is 1. The van der Waals surface area contributed by atoms with Crippen LogP contribution in [0.1, 0.15) is 34.0 Å². The summed E-state index contributed by atoms with van der Waals surface area (Å²) >= 11 is 1.45. The van der Waals surface area contributed by atoms with Gasteiger partial charge in [-0.1, -0.05) is 6.07 Å². The van der Waals surface area contributed by atoms with Crippen molar-refractivity contribution in [1.82, 2.24) is 10.3 Å². The maximum absolute atomic E-state index is 12.6. The SMILES string of the molecule is O=C(O)CC(Sc1ccc(NC(=O)c2ccc(NC3=NCCCN3)cc2)cc1)c1cccnc1. The van der Waals surface area contributed by atoms with Gasteiger partial charge in [-0.3, -0.25) is 19.6 Å². The maximum atomic E-state index is 12.6. The van der Waals surface area contributed by atoms with Crippen molar-refractivity contribution in [2.45, 2.75) is 23.0 Å². The highest BCUT2D eigenvalue weighted by atomic mass is 32.2. The number of aromatic nitrogens is 1. The molecule has 0 saturated heterocycles. The summed E-state index contributed by atoms with van der Waals surface area (Å²) < 4.78 is 0. The van der Waals surface area contributed by atoms with Gasteiger partial charge >= 0.3 is 5.97 Å². The largest absolute Gasteiger partial charge is 0.481 e. The fraction of sp³-hybridized carbons (Fsp3) is 0.200. The van der Waals surface area contributed by atoms with Gasteiger partial charge in [0, 0.05) is 52.6 Å². The number of pyridine rings is 1. The fourth-order valence-corrected chi connectivity index (χ4v) is 4.52. The van der Waals surface area contributed by atoms with Crippen LogP contribution in [0.2, 0.25) is 0 Å². The zero-order chi connectivity index (χ0) is 23.8. The summed E-state index contributed by atoms with van der Waals surface area (Å²) in [5.74, 6) is -0.329. The van der Waals surface area contributed by atoms with Crippen LogP contribution in [-0.4, -0.2) is 41.0 Å². The van der Waals surface area contributed by atoms with Gasteiger partial charge in [0.05, 0.1) is 6.42 Å². The van der Waals surface area contributed by atoms with Crippen molar-refractivity contribution in [2.75, 3.05) is 23.7 Å². The lowest BCUT2D eigenvalue weighted by atomic mass is 10.1. The van der Waals surface area contributed by atoms with Crippen LogP contribution in [0.15, 0.2) is 82.9 Å². The number of rotatable bonds is 8. The Hall–Kier alpha value is -3.85. The number of amides is 1. The Morgan fingerprint density at radius 3 is 2.47 bits per heavy atom. The Labute approximate surface area is 201 Å². The molecule has 1 atom stereocenters. The van der Waals surface area contributed by atoms with Gasteiger partial charge in [-0.15, -0.1) is 11.8 Å². The van der Waals surface area contributed by atoms with Crippen molar-refractivity contribution in [3.05, 3.63) is 84.2 Å². The number of anilines is 2. The summed E-state index contributed by atoms with van der Waals surface area (Å²) in [5, 5.41) is 18.3. The first-order chi connectivity index (χ1) is 16.6. The number of hydrogen-bond donors (Lipinski definition) is 4. The van der Waals surface area contributed by atoms with Crippen LogP contribution in [0.3, 0.4) is 0 Å². The van der Waals surface area contributed by atoms with E-state index in [0.717, 1.165) is 41.6 Å². The summed E-state index contributed by atoms with van der Waals surface area (Å²) in [6, 6.07) is 18.2. The molecule has 2 aromatic carbocycles. The lowest BCUT2D eigenvalue weighted by Gasteiger charge is -2.16. The Bertz CT molecular complexity index is 1150. The molecule has 174 valence electrons. The Morgan fingerprint density at radius 2 is 1.82 bits per heavy atom. The third-order valence-electron chi connectivity index (χ3n) is 5.11. The van der Waals surface area contributed by atoms with Gasteiger partial charge in [-0.05, 0) is 66.6 Å². The number of aliphatic carboxylic acids is 1. The molecule has 0 saturated carbocycles. The molecular weight excluding hydrogens is 450 g/mol. The van der Waals surface area contributed by atoms with Crippen LogP contribution in [0.25, 0.3) is 0 Å². The molecule has 0 bridgehead atoms. The second-order valence-corrected chi connectivity index (χ2v) is 8.96. The number of carbonyl (C=O) groups excluding carboxylic acids is 1. The summed E-state index contributed by atoms with van der Waals surface area (Å²) in [6.45, 7) is 1.70. The Morgan fingerprint density at radius 1 is 1.06 bits per heavy atom. The fourth-order valence-electron chi connectivity index (χ4n) is 3.39. The van der Waals surface area contributed by atoms with Crippen molar-refractivity contribution >= 4 is 41.0 Å². The van der Waals surface area contributed by atoms with E-state index in [4.69, 9.17) is 0 Å². The van der Waals surface area contributed by atoms with E-state index < -0.39 is 5.97 Å². The molecule has 8 nitrogen and oxygen atoms in total. The minimum atomic E-state index is -0.866. The molecule has 0 fully saturated rings. The van der Waals surface area contributed by atoms with Crippen molar-refractivity contribution in [3.63, 3.8) is 0 Å². The third kappa shape index (κ3) is 6.58. The lowest BCUT2D eigenvalue weighted by molar-refractivity contribution is -0.137. The molecule has 4 rings (SSSR count). The predicted molar refractivity (Wildman–Crippen MR) is 134 cm³/mol. The van der Waals surface area contributed by atoms with E-state index in [9.17, 15) is 14.7 Å². The van der Waals surface area contributed by atoms with Crippen LogP contribution in [-0.2, 0) is 4.79 Å². The number of guanidine groups is 1. The van der Waals surface area contributed by atoms with Crippen molar-refractivity contribution in [3.8, 4) is 0 Å². The van der Waals surface area contributed by atoms with Gasteiger partial charge in [-0.25, -0.2) is 0 Å². The van der Waals surface area contributed by atoms with E-state index in [0.29, 0.717) is 11.3 Å². The number of carbonyl (C=O) groups is 2. The monoisotopic (exact) mass is 475 g/mol. The number of aliphatic imine (C=N–C) groups is 1. The van der Waals surface area contributed by atoms with Crippen molar-refractivity contribution in [2.24, 2.45) is 4.99 Å². The van der Waals surface area contributed by atoms with Gasteiger partial charge in [0.15, 0.2) is 5.96 Å². The molecule has 0 radical (unpaired) electrons. The van der Waals surface area contributed by atoms with E-state index in [2.05, 4.69) is 25.9 Å². The second kappa shape index (κ2) is 11.3. The minimum absolute atomic E-state index is 0.0108. The number of carboxylic acid groups (broad SMARTS) is 1. The predicted octanol–water partition coefficient (Wildman–Crippen LogP) is 4.40. The summed E-state index contributed by atoms with van der Waals surface area (Å²) in [4.78, 5) is 33.3. The molecule has 4 N–H and O–H groups in total. The van der Waals surface area contributed by atoms with Gasteiger partial charge < -0.3 is 21.1 Å². The van der Waals surface area contributed by atoms with Gasteiger partial charge in [0.2, 0.25) is 0 Å². The number of nitrogens with zero attached hydrogens (tertiary/aromatic N) is 2. The number of hydrogen-bond acceptors (Lipinski definition) is 7. The normalized spacial score (nSPS) is 13.8. The first kappa shape index (κ1) is 23.3. The third-order valence-corrected chi connectivity index (χ3v) is 6.38. The van der Waals surface area contributed by atoms with Gasteiger partial charge in [0.1, 0.15) is 0 Å². The molecule has 9 heteroatoms. The first-order valence-corrected chi connectivity index (χ1v) is 11.8. The van der Waals surface area contributed by atoms with Crippen molar-refractivity contribution in [1.29, 1.82) is 0 Å². The van der Waals surface area contributed by atoms with E-state index in [1.54, 1.807) is 30.6 Å². The van der Waals surface area contributed by atoms with Crippen LogP contribution < -0.4 is 16.0 Å². The highest BCUT2D eigenvalue weighted by Crippen LogP contribution is 2.37. The standard InChI is InChI=1S/C25H25N5O3S/c31-23(32)15-22(18-3-1-12-26-16-18)34-21-10-8-19(9-11-21)29-24(33)17-4-6-20(7-5-17)30-25-27-13-2-14-28-25/h1,3-12,16,22H,2,13-15H2,(H,29,33)(H,31,32)(H2,27,28,30). The molecule has 3 aromatic rings. The Balaban J connectivity index is 1.35. The van der Waals surface area contributed by atoms with E-state index >= 15 is 0 Å². The molecule has 2 heterocycles. The number of nitrogens with one attached hydrogen (secondary N) is 3. The van der Waals surface area contributed by atoms with Crippen LogP contribution in [0.4, 0.5) is 11.4 Å². The second-order valence-electron chi connectivity index (χ2n) is 7.68. The summed E-state index contributed by atoms with van der Waals surface area (Å²) in [6.07, 6.45) is 4.37. The molecule has 1 unspecified atom stereocenters. The molecule has 1 amide bonds. The first-order valence-electron chi connectivity index (χ1n) is 10.9. The van der Waals surface area contributed by atoms with E-state index in [1.807, 2.05) is 42.5 Å². The van der Waals surface area contributed by atoms with Crippen molar-refractivity contribution < 1.29 is 14.7 Å². The number of thioether (sulfide) groups is 1. The van der Waals surface area contributed by atoms with E-state index in [-0.39, 0.29) is 17.6 Å². The highest BCUT2D eigenvalue weighted by molar-refractivity contribution is 7.99. The molecule has 1 aromatic heterocycles. The lowest BCUT2D eigenvalue weighted by Crippen LogP contribution is -2.35. The van der Waals surface area contributed by atoms with Crippen LogP contribution in [0, 0.1) is 0 Å². The van der Waals surface area contributed by atoms with Crippen LogP contribution in [0.5, 0.6) is 0 Å². The molecule has 1 aliphatic heterocycles. The molecular formula is C25H25N5O3S. The number of benzene rings is 2. The topological polar surface area (TPSA) is 116 Å². The van der Waals surface area contributed by atoms with Gasteiger partial charge in [-0.2, -0.15) is 0 Å². The quantitative estimate of drug-likeness (QED) is 0.357. The Kier molecular flexibility index (Phi) is 7.77. The molecule has 34 heavy (non-hydrogen) atoms. The highest BCUT2D eigenvalue weighted by Gasteiger charge is 2.17. The minimum Gasteiger partial charge on any atom is -0.481 e. The zero-order valence-corrected chi connectivity index (χ0v) is 19.2.